The molecule has 1 fully saturated rings. The molecule has 3 rings (SSSR count). The summed E-state index contributed by atoms with van der Waals surface area (Å²) in [6.45, 7) is 1.84. The molecule has 9 nitrogen and oxygen atoms in total. The summed E-state index contributed by atoms with van der Waals surface area (Å²) in [6, 6.07) is 0. The molecule has 1 saturated heterocycles. The number of aromatic nitrogens is 4. The standard InChI is InChI=1S/C11H16N6O3/c1-4-16-6-9(13)14-3-15-10(6)17(4)11-8(19)7(18)5(2-12)20-11/h3,5,7-8,11,18-19H,2,12H2,1H3,(H2,13,14,15). The Hall–Kier alpha value is -1.81. The fourth-order valence-corrected chi connectivity index (χ4v) is 2.48. The summed E-state index contributed by atoms with van der Waals surface area (Å²) in [5.74, 6) is 0.807. The summed E-state index contributed by atoms with van der Waals surface area (Å²) >= 11 is 0. The normalized spacial score (nSPS) is 30.2. The van der Waals surface area contributed by atoms with Crippen LogP contribution in [0.1, 0.15) is 12.1 Å². The van der Waals surface area contributed by atoms with Crippen molar-refractivity contribution in [1.82, 2.24) is 19.5 Å². The number of fused-ring (bicyclic) bond motifs is 1. The van der Waals surface area contributed by atoms with Gasteiger partial charge in [-0.05, 0) is 6.92 Å². The van der Waals surface area contributed by atoms with Crippen LogP contribution < -0.4 is 11.5 Å². The number of aryl methyl sites for hydroxylation is 1. The van der Waals surface area contributed by atoms with Crippen LogP contribution in [0.5, 0.6) is 0 Å². The minimum absolute atomic E-state index is 0.109. The Balaban J connectivity index is 2.11. The van der Waals surface area contributed by atoms with Crippen LogP contribution in [0.25, 0.3) is 11.2 Å². The van der Waals surface area contributed by atoms with Crippen LogP contribution in [0.2, 0.25) is 0 Å². The van der Waals surface area contributed by atoms with Gasteiger partial charge in [0.25, 0.3) is 0 Å². The van der Waals surface area contributed by atoms with E-state index < -0.39 is 24.5 Å². The molecule has 2 aromatic rings. The molecule has 2 aromatic heterocycles. The Morgan fingerprint density at radius 1 is 1.35 bits per heavy atom. The smallest absolute Gasteiger partial charge is 0.167 e. The highest BCUT2D eigenvalue weighted by atomic mass is 16.6. The molecule has 0 aromatic carbocycles. The van der Waals surface area contributed by atoms with Gasteiger partial charge in [0.15, 0.2) is 23.2 Å². The SMILES string of the molecule is Cc1nc2c(N)ncnc2n1C1OC(CN)C(O)C1O. The molecule has 0 saturated carbocycles. The van der Waals surface area contributed by atoms with E-state index in [-0.39, 0.29) is 12.4 Å². The summed E-state index contributed by atoms with van der Waals surface area (Å²) in [4.78, 5) is 12.3. The number of anilines is 1. The van der Waals surface area contributed by atoms with Crippen LogP contribution in [-0.4, -0.2) is 54.6 Å². The van der Waals surface area contributed by atoms with Crippen molar-refractivity contribution in [3.05, 3.63) is 12.2 Å². The molecular weight excluding hydrogens is 264 g/mol. The summed E-state index contributed by atoms with van der Waals surface area (Å²) in [5.41, 5.74) is 12.1. The lowest BCUT2D eigenvalue weighted by Gasteiger charge is -2.18. The molecule has 20 heavy (non-hydrogen) atoms. The molecule has 0 spiro atoms. The molecule has 108 valence electrons. The lowest BCUT2D eigenvalue weighted by atomic mass is 10.1. The van der Waals surface area contributed by atoms with Crippen LogP contribution in [0.3, 0.4) is 0 Å². The van der Waals surface area contributed by atoms with E-state index in [0.717, 1.165) is 0 Å². The number of ether oxygens (including phenoxy) is 1. The van der Waals surface area contributed by atoms with Crippen LogP contribution in [0.15, 0.2) is 6.33 Å². The van der Waals surface area contributed by atoms with Crippen LogP contribution in [0.4, 0.5) is 5.82 Å². The third-order valence-electron chi connectivity index (χ3n) is 3.51. The number of nitrogen functional groups attached to an aromatic ring is 1. The molecule has 3 heterocycles. The van der Waals surface area contributed by atoms with E-state index in [9.17, 15) is 10.2 Å². The van der Waals surface area contributed by atoms with Gasteiger partial charge >= 0.3 is 0 Å². The van der Waals surface area contributed by atoms with Gasteiger partial charge in [-0.2, -0.15) is 0 Å². The number of rotatable bonds is 2. The van der Waals surface area contributed by atoms with Crippen LogP contribution >= 0.6 is 0 Å². The number of hydrogen-bond acceptors (Lipinski definition) is 8. The average molecular weight is 280 g/mol. The number of nitrogens with two attached hydrogens (primary N) is 2. The molecule has 0 aliphatic carbocycles. The average Bonchev–Trinajstić information content (AvgIpc) is 2.90. The zero-order valence-corrected chi connectivity index (χ0v) is 10.8. The van der Waals surface area contributed by atoms with Crippen molar-refractivity contribution in [2.24, 2.45) is 5.73 Å². The molecule has 4 unspecified atom stereocenters. The van der Waals surface area contributed by atoms with Crippen LogP contribution in [0, 0.1) is 6.92 Å². The van der Waals surface area contributed by atoms with E-state index in [1.807, 2.05) is 0 Å². The van der Waals surface area contributed by atoms with E-state index >= 15 is 0 Å². The van der Waals surface area contributed by atoms with Crippen molar-refractivity contribution < 1.29 is 14.9 Å². The Kier molecular flexibility index (Phi) is 3.05. The van der Waals surface area contributed by atoms with E-state index in [4.69, 9.17) is 16.2 Å². The minimum atomic E-state index is -1.11. The predicted octanol–water partition coefficient (Wildman–Crippen LogP) is -1.71. The second-order valence-electron chi connectivity index (χ2n) is 4.74. The first-order valence-electron chi connectivity index (χ1n) is 6.21. The van der Waals surface area contributed by atoms with Crippen molar-refractivity contribution in [2.45, 2.75) is 31.5 Å². The highest BCUT2D eigenvalue weighted by Gasteiger charge is 2.44. The van der Waals surface area contributed by atoms with Crippen molar-refractivity contribution >= 4 is 17.0 Å². The molecule has 6 N–H and O–H groups in total. The summed E-state index contributed by atoms with van der Waals surface area (Å²) in [7, 11) is 0. The lowest BCUT2D eigenvalue weighted by molar-refractivity contribution is -0.0332. The Morgan fingerprint density at radius 3 is 2.75 bits per heavy atom. The monoisotopic (exact) mass is 280 g/mol. The van der Waals surface area contributed by atoms with Gasteiger partial charge in [0.05, 0.1) is 0 Å². The molecular formula is C11H16N6O3. The third kappa shape index (κ3) is 1.75. The number of imidazole rings is 1. The predicted molar refractivity (Wildman–Crippen MR) is 69.5 cm³/mol. The maximum Gasteiger partial charge on any atom is 0.167 e. The zero-order valence-electron chi connectivity index (χ0n) is 10.8. The maximum atomic E-state index is 10.1. The van der Waals surface area contributed by atoms with Gasteiger partial charge < -0.3 is 26.4 Å². The first-order valence-corrected chi connectivity index (χ1v) is 6.21. The minimum Gasteiger partial charge on any atom is -0.387 e. The largest absolute Gasteiger partial charge is 0.387 e. The van der Waals surface area contributed by atoms with Gasteiger partial charge in [-0.1, -0.05) is 0 Å². The van der Waals surface area contributed by atoms with Gasteiger partial charge in [-0.3, -0.25) is 4.57 Å². The maximum absolute atomic E-state index is 10.1. The van der Waals surface area contributed by atoms with Crippen LogP contribution in [-0.2, 0) is 4.74 Å². The number of hydrogen-bond donors (Lipinski definition) is 4. The van der Waals surface area contributed by atoms with E-state index in [2.05, 4.69) is 15.0 Å². The molecule has 1 aliphatic heterocycles. The Morgan fingerprint density at radius 2 is 2.10 bits per heavy atom. The quantitative estimate of drug-likeness (QED) is 0.509. The number of nitrogens with zero attached hydrogens (tertiary/aromatic N) is 4. The third-order valence-corrected chi connectivity index (χ3v) is 3.51. The van der Waals surface area contributed by atoms with Gasteiger partial charge in [-0.25, -0.2) is 15.0 Å². The first kappa shape index (κ1) is 13.2. The fourth-order valence-electron chi connectivity index (χ4n) is 2.48. The Bertz CT molecular complexity index is 644. The summed E-state index contributed by atoms with van der Waals surface area (Å²) < 4.78 is 7.20. The molecule has 0 radical (unpaired) electrons. The summed E-state index contributed by atoms with van der Waals surface area (Å²) in [6.07, 6.45) is -2.30. The second-order valence-corrected chi connectivity index (χ2v) is 4.74. The second kappa shape index (κ2) is 4.63. The fraction of sp³-hybridized carbons (Fsp3) is 0.545. The molecule has 4 atom stereocenters. The number of aliphatic hydroxyl groups excluding tert-OH is 2. The molecule has 1 aliphatic rings. The number of aliphatic hydroxyl groups is 2. The van der Waals surface area contributed by atoms with Gasteiger partial charge in [0.1, 0.15) is 30.5 Å². The molecule has 0 amide bonds. The highest BCUT2D eigenvalue weighted by molar-refractivity contribution is 5.81. The molecule has 0 bridgehead atoms. The Labute approximate surface area is 114 Å². The van der Waals surface area contributed by atoms with Crippen molar-refractivity contribution in [3.8, 4) is 0 Å². The van der Waals surface area contributed by atoms with Crippen molar-refractivity contribution in [2.75, 3.05) is 12.3 Å². The molecule has 9 heteroatoms. The summed E-state index contributed by atoms with van der Waals surface area (Å²) in [5, 5.41) is 20.0. The van der Waals surface area contributed by atoms with Gasteiger partial charge in [-0.15, -0.1) is 0 Å². The topological polar surface area (TPSA) is 145 Å². The highest BCUT2D eigenvalue weighted by Crippen LogP contribution is 2.32. The lowest BCUT2D eigenvalue weighted by Crippen LogP contribution is -2.35. The van der Waals surface area contributed by atoms with Crippen molar-refractivity contribution in [1.29, 1.82) is 0 Å². The van der Waals surface area contributed by atoms with Gasteiger partial charge in [0.2, 0.25) is 0 Å². The first-order chi connectivity index (χ1) is 9.54. The van der Waals surface area contributed by atoms with Crippen molar-refractivity contribution in [3.63, 3.8) is 0 Å². The van der Waals surface area contributed by atoms with E-state index in [1.165, 1.54) is 6.33 Å². The zero-order chi connectivity index (χ0) is 14.4. The van der Waals surface area contributed by atoms with Gasteiger partial charge in [0, 0.05) is 6.54 Å². The van der Waals surface area contributed by atoms with E-state index in [1.54, 1.807) is 11.5 Å². The van der Waals surface area contributed by atoms with E-state index in [0.29, 0.717) is 17.0 Å².